The molecule has 0 atom stereocenters. The Hall–Kier alpha value is -2.46. The number of nitrogens with zero attached hydrogens (tertiary/aromatic N) is 2. The Morgan fingerprint density at radius 3 is 3.04 bits per heavy atom. The van der Waals surface area contributed by atoms with Crippen molar-refractivity contribution in [3.05, 3.63) is 65.0 Å². The molecule has 0 fully saturated rings. The van der Waals surface area contributed by atoms with Crippen molar-refractivity contribution in [3.63, 3.8) is 0 Å². The molecule has 0 amide bonds. The number of hydrogen-bond donors (Lipinski definition) is 0. The van der Waals surface area contributed by atoms with Crippen LogP contribution < -0.4 is 4.74 Å². The monoisotopic (exact) mass is 320 g/mol. The average Bonchev–Trinajstić information content (AvgIpc) is 2.88. The van der Waals surface area contributed by atoms with E-state index in [1.54, 1.807) is 6.20 Å². The van der Waals surface area contributed by atoms with Gasteiger partial charge in [-0.15, -0.1) is 0 Å². The SMILES string of the molecule is C(=C1CCCN=C1c1cccnc1)c1ccc2c(c1)COCCO2. The standard InChI is InChI=1S/C20H20N2O2/c1-4-17(13-21-7-1)20-16(3-2-8-22-20)11-15-5-6-19-18(12-15)14-23-9-10-24-19/h1,4-7,11-13H,2-3,8-10,14H2. The number of pyridine rings is 1. The average molecular weight is 320 g/mol. The van der Waals surface area contributed by atoms with E-state index in [-0.39, 0.29) is 0 Å². The molecule has 4 heteroatoms. The lowest BCUT2D eigenvalue weighted by molar-refractivity contribution is 0.107. The highest BCUT2D eigenvalue weighted by molar-refractivity contribution is 6.15. The predicted octanol–water partition coefficient (Wildman–Crippen LogP) is 3.66. The second-order valence-electron chi connectivity index (χ2n) is 6.01. The summed E-state index contributed by atoms with van der Waals surface area (Å²) in [6, 6.07) is 10.3. The highest BCUT2D eigenvalue weighted by atomic mass is 16.5. The van der Waals surface area contributed by atoms with Crippen LogP contribution in [0.3, 0.4) is 0 Å². The van der Waals surface area contributed by atoms with Crippen molar-refractivity contribution in [1.29, 1.82) is 0 Å². The van der Waals surface area contributed by atoms with Gasteiger partial charge in [-0.05, 0) is 54.3 Å². The smallest absolute Gasteiger partial charge is 0.124 e. The van der Waals surface area contributed by atoms with E-state index in [9.17, 15) is 0 Å². The molecule has 2 aliphatic heterocycles. The fraction of sp³-hybridized carbons (Fsp3) is 0.300. The third kappa shape index (κ3) is 3.24. The van der Waals surface area contributed by atoms with Crippen molar-refractivity contribution >= 4 is 11.8 Å². The van der Waals surface area contributed by atoms with Crippen LogP contribution in [0, 0.1) is 0 Å². The van der Waals surface area contributed by atoms with E-state index in [0.29, 0.717) is 19.8 Å². The Kier molecular flexibility index (Phi) is 4.38. The summed E-state index contributed by atoms with van der Waals surface area (Å²) in [5.74, 6) is 0.930. The van der Waals surface area contributed by atoms with Crippen molar-refractivity contribution in [2.45, 2.75) is 19.4 Å². The minimum atomic E-state index is 0.607. The summed E-state index contributed by atoms with van der Waals surface area (Å²) in [6.45, 7) is 2.75. The quantitative estimate of drug-likeness (QED) is 0.848. The minimum absolute atomic E-state index is 0.607. The molecule has 4 rings (SSSR count). The molecule has 0 radical (unpaired) electrons. The third-order valence-corrected chi connectivity index (χ3v) is 4.28. The van der Waals surface area contributed by atoms with Crippen LogP contribution in [0.15, 0.2) is 53.3 Å². The molecular weight excluding hydrogens is 300 g/mol. The number of benzene rings is 1. The second kappa shape index (κ2) is 6.97. The highest BCUT2D eigenvalue weighted by Crippen LogP contribution is 2.26. The van der Waals surface area contributed by atoms with Crippen molar-refractivity contribution < 1.29 is 9.47 Å². The topological polar surface area (TPSA) is 43.7 Å². The van der Waals surface area contributed by atoms with Gasteiger partial charge in [0.1, 0.15) is 12.4 Å². The van der Waals surface area contributed by atoms with Crippen molar-refractivity contribution in [2.75, 3.05) is 19.8 Å². The van der Waals surface area contributed by atoms with Gasteiger partial charge in [-0.25, -0.2) is 0 Å². The lowest BCUT2D eigenvalue weighted by atomic mass is 9.94. The zero-order valence-electron chi connectivity index (χ0n) is 13.6. The molecule has 0 aliphatic carbocycles. The molecule has 1 aromatic heterocycles. The number of hydrogen-bond acceptors (Lipinski definition) is 4. The van der Waals surface area contributed by atoms with E-state index in [2.05, 4.69) is 29.3 Å². The van der Waals surface area contributed by atoms with Gasteiger partial charge in [0.05, 0.1) is 18.9 Å². The fourth-order valence-corrected chi connectivity index (χ4v) is 3.14. The normalized spacial score (nSPS) is 19.2. The van der Waals surface area contributed by atoms with Crippen LogP contribution in [0.25, 0.3) is 6.08 Å². The van der Waals surface area contributed by atoms with Crippen molar-refractivity contribution in [3.8, 4) is 5.75 Å². The largest absolute Gasteiger partial charge is 0.491 e. The molecule has 3 heterocycles. The molecule has 2 aromatic rings. The summed E-state index contributed by atoms with van der Waals surface area (Å²) in [6.07, 6.45) is 8.04. The van der Waals surface area contributed by atoms with E-state index in [1.807, 2.05) is 18.3 Å². The van der Waals surface area contributed by atoms with Gasteiger partial charge < -0.3 is 9.47 Å². The van der Waals surface area contributed by atoms with E-state index >= 15 is 0 Å². The lowest BCUT2D eigenvalue weighted by Crippen LogP contribution is -2.11. The minimum Gasteiger partial charge on any atom is -0.491 e. The number of ether oxygens (including phenoxy) is 2. The van der Waals surface area contributed by atoms with Gasteiger partial charge in [-0.1, -0.05) is 6.07 Å². The van der Waals surface area contributed by atoms with Gasteiger partial charge in [-0.3, -0.25) is 9.98 Å². The summed E-state index contributed by atoms with van der Waals surface area (Å²) in [7, 11) is 0. The van der Waals surface area contributed by atoms with Crippen LogP contribution in [0.1, 0.15) is 29.5 Å². The molecule has 0 saturated carbocycles. The number of aliphatic imine (C=N–C) groups is 1. The molecule has 0 saturated heterocycles. The molecule has 2 aliphatic rings. The Labute approximate surface area is 141 Å². The number of aromatic nitrogens is 1. The van der Waals surface area contributed by atoms with Gasteiger partial charge in [0.2, 0.25) is 0 Å². The molecule has 122 valence electrons. The Morgan fingerprint density at radius 2 is 2.12 bits per heavy atom. The molecule has 0 unspecified atom stereocenters. The molecule has 24 heavy (non-hydrogen) atoms. The second-order valence-corrected chi connectivity index (χ2v) is 6.01. The summed E-state index contributed by atoms with van der Waals surface area (Å²) >= 11 is 0. The molecular formula is C20H20N2O2. The van der Waals surface area contributed by atoms with Gasteiger partial charge in [-0.2, -0.15) is 0 Å². The van der Waals surface area contributed by atoms with E-state index in [4.69, 9.17) is 14.5 Å². The van der Waals surface area contributed by atoms with Crippen LogP contribution in [0.2, 0.25) is 0 Å². The highest BCUT2D eigenvalue weighted by Gasteiger charge is 2.15. The van der Waals surface area contributed by atoms with E-state index in [1.165, 1.54) is 5.57 Å². The van der Waals surface area contributed by atoms with Crippen molar-refractivity contribution in [2.24, 2.45) is 4.99 Å². The molecule has 0 N–H and O–H groups in total. The van der Waals surface area contributed by atoms with Crippen LogP contribution in [0.4, 0.5) is 0 Å². The molecule has 0 bridgehead atoms. The summed E-state index contributed by atoms with van der Waals surface area (Å²) < 4.78 is 11.3. The molecule has 4 nitrogen and oxygen atoms in total. The Balaban J connectivity index is 1.68. The first kappa shape index (κ1) is 15.1. The zero-order valence-corrected chi connectivity index (χ0v) is 13.6. The summed E-state index contributed by atoms with van der Waals surface area (Å²) in [5, 5.41) is 0. The first-order valence-corrected chi connectivity index (χ1v) is 8.39. The van der Waals surface area contributed by atoms with Crippen LogP contribution >= 0.6 is 0 Å². The lowest BCUT2D eigenvalue weighted by Gasteiger charge is -2.16. The van der Waals surface area contributed by atoms with Gasteiger partial charge >= 0.3 is 0 Å². The number of rotatable bonds is 2. The molecule has 1 aromatic carbocycles. The van der Waals surface area contributed by atoms with Crippen LogP contribution in [-0.4, -0.2) is 30.5 Å². The predicted molar refractivity (Wildman–Crippen MR) is 94.4 cm³/mol. The van der Waals surface area contributed by atoms with E-state index < -0.39 is 0 Å². The number of allylic oxidation sites excluding steroid dienone is 1. The Bertz CT molecular complexity index is 781. The molecule has 0 spiro atoms. The van der Waals surface area contributed by atoms with Crippen LogP contribution in [0.5, 0.6) is 5.75 Å². The van der Waals surface area contributed by atoms with Crippen molar-refractivity contribution in [1.82, 2.24) is 4.98 Å². The van der Waals surface area contributed by atoms with Gasteiger partial charge in [0, 0.05) is 30.1 Å². The maximum Gasteiger partial charge on any atom is 0.124 e. The van der Waals surface area contributed by atoms with Gasteiger partial charge in [0.25, 0.3) is 0 Å². The maximum absolute atomic E-state index is 5.71. The fourth-order valence-electron chi connectivity index (χ4n) is 3.14. The summed E-state index contributed by atoms with van der Waals surface area (Å²) in [5.41, 5.74) is 5.69. The Morgan fingerprint density at radius 1 is 1.12 bits per heavy atom. The van der Waals surface area contributed by atoms with Crippen LogP contribution in [-0.2, 0) is 11.3 Å². The number of fused-ring (bicyclic) bond motifs is 1. The maximum atomic E-state index is 5.71. The summed E-state index contributed by atoms with van der Waals surface area (Å²) in [4.78, 5) is 8.97. The first-order chi connectivity index (χ1) is 11.9. The zero-order chi connectivity index (χ0) is 16.2. The third-order valence-electron chi connectivity index (χ3n) is 4.28. The van der Waals surface area contributed by atoms with Gasteiger partial charge in [0.15, 0.2) is 0 Å². The van der Waals surface area contributed by atoms with E-state index in [0.717, 1.165) is 47.5 Å². The first-order valence-electron chi connectivity index (χ1n) is 8.39.